The maximum absolute atomic E-state index is 12.4. The Hall–Kier alpha value is -0.350. The Balaban J connectivity index is 3.63. The number of primary sulfonamides is 1. The highest BCUT2D eigenvalue weighted by molar-refractivity contribution is 14.1. The SMILES string of the molecule is NS(=O)(=O)c1c(I)cccc1C(F)(F)F. The molecule has 1 rings (SSSR count). The van der Waals surface area contributed by atoms with E-state index in [0.29, 0.717) is 6.07 Å². The first-order valence-electron chi connectivity index (χ1n) is 3.52. The van der Waals surface area contributed by atoms with Crippen molar-refractivity contribution in [3.05, 3.63) is 27.3 Å². The summed E-state index contributed by atoms with van der Waals surface area (Å²) in [7, 11) is -4.37. The number of sulfonamides is 1. The minimum atomic E-state index is -4.73. The Morgan fingerprint density at radius 1 is 1.27 bits per heavy atom. The highest BCUT2D eigenvalue weighted by Gasteiger charge is 2.37. The molecule has 0 aliphatic carbocycles. The van der Waals surface area contributed by atoms with Gasteiger partial charge in [-0.2, -0.15) is 13.2 Å². The fraction of sp³-hybridized carbons (Fsp3) is 0.143. The van der Waals surface area contributed by atoms with E-state index in [1.54, 1.807) is 0 Å². The normalized spacial score (nSPS) is 12.9. The molecule has 0 heterocycles. The van der Waals surface area contributed by atoms with E-state index in [0.717, 1.165) is 6.07 Å². The highest BCUT2D eigenvalue weighted by atomic mass is 127. The first-order chi connectivity index (χ1) is 6.64. The van der Waals surface area contributed by atoms with Crippen molar-refractivity contribution in [1.82, 2.24) is 0 Å². The van der Waals surface area contributed by atoms with Crippen molar-refractivity contribution in [3.63, 3.8) is 0 Å². The molecule has 84 valence electrons. The largest absolute Gasteiger partial charge is 0.417 e. The van der Waals surface area contributed by atoms with Crippen LogP contribution in [-0.2, 0) is 16.2 Å². The van der Waals surface area contributed by atoms with Crippen molar-refractivity contribution < 1.29 is 21.6 Å². The number of alkyl halides is 3. The van der Waals surface area contributed by atoms with Crippen molar-refractivity contribution in [2.24, 2.45) is 5.14 Å². The zero-order chi connectivity index (χ0) is 11.9. The molecule has 0 radical (unpaired) electrons. The lowest BCUT2D eigenvalue weighted by molar-refractivity contribution is -0.140. The minimum Gasteiger partial charge on any atom is -0.225 e. The fourth-order valence-electron chi connectivity index (χ4n) is 1.02. The second kappa shape index (κ2) is 3.91. The second-order valence-corrected chi connectivity index (χ2v) is 5.32. The number of nitrogens with two attached hydrogens (primary N) is 1. The van der Waals surface area contributed by atoms with Gasteiger partial charge < -0.3 is 0 Å². The molecule has 15 heavy (non-hydrogen) atoms. The average molecular weight is 351 g/mol. The van der Waals surface area contributed by atoms with Crippen LogP contribution in [0.25, 0.3) is 0 Å². The van der Waals surface area contributed by atoms with E-state index < -0.39 is 26.7 Å². The summed E-state index contributed by atoms with van der Waals surface area (Å²) in [6.07, 6.45) is -4.73. The fourth-order valence-corrected chi connectivity index (χ4v) is 3.27. The second-order valence-electron chi connectivity index (χ2n) is 2.66. The van der Waals surface area contributed by atoms with E-state index >= 15 is 0 Å². The smallest absolute Gasteiger partial charge is 0.225 e. The monoisotopic (exact) mass is 351 g/mol. The molecule has 2 N–H and O–H groups in total. The number of hydrogen-bond acceptors (Lipinski definition) is 2. The van der Waals surface area contributed by atoms with Crippen LogP contribution in [-0.4, -0.2) is 8.42 Å². The molecular formula is C7H5F3INO2S. The van der Waals surface area contributed by atoms with Gasteiger partial charge in [0, 0.05) is 3.57 Å². The topological polar surface area (TPSA) is 60.2 Å². The maximum atomic E-state index is 12.4. The molecular weight excluding hydrogens is 346 g/mol. The van der Waals surface area contributed by atoms with Crippen molar-refractivity contribution in [3.8, 4) is 0 Å². The molecule has 0 spiro atoms. The number of benzene rings is 1. The molecule has 0 bridgehead atoms. The number of halogens is 4. The molecule has 0 saturated carbocycles. The van der Waals surface area contributed by atoms with Crippen LogP contribution in [0.2, 0.25) is 0 Å². The highest BCUT2D eigenvalue weighted by Crippen LogP contribution is 2.35. The molecule has 1 aromatic rings. The van der Waals surface area contributed by atoms with Gasteiger partial charge in [-0.3, -0.25) is 0 Å². The van der Waals surface area contributed by atoms with Crippen LogP contribution in [0.5, 0.6) is 0 Å². The Morgan fingerprint density at radius 2 is 1.80 bits per heavy atom. The molecule has 0 amide bonds. The first kappa shape index (κ1) is 12.7. The molecule has 0 aliphatic rings. The molecule has 0 unspecified atom stereocenters. The van der Waals surface area contributed by atoms with Gasteiger partial charge in [-0.25, -0.2) is 13.6 Å². The van der Waals surface area contributed by atoms with Crippen LogP contribution in [0.15, 0.2) is 23.1 Å². The van der Waals surface area contributed by atoms with Gasteiger partial charge in [0.1, 0.15) is 4.90 Å². The van der Waals surface area contributed by atoms with Crippen LogP contribution < -0.4 is 5.14 Å². The van der Waals surface area contributed by atoms with Gasteiger partial charge in [0.05, 0.1) is 5.56 Å². The minimum absolute atomic E-state index is 0.0510. The van der Waals surface area contributed by atoms with Gasteiger partial charge in [-0.05, 0) is 34.7 Å². The van der Waals surface area contributed by atoms with E-state index in [4.69, 9.17) is 5.14 Å². The van der Waals surface area contributed by atoms with Crippen LogP contribution >= 0.6 is 22.6 Å². The predicted molar refractivity (Wildman–Crippen MR) is 55.5 cm³/mol. The van der Waals surface area contributed by atoms with Crippen LogP contribution in [0.3, 0.4) is 0 Å². The van der Waals surface area contributed by atoms with Crippen molar-refractivity contribution in [1.29, 1.82) is 0 Å². The summed E-state index contributed by atoms with van der Waals surface area (Å²) >= 11 is 1.49. The third kappa shape index (κ3) is 2.82. The van der Waals surface area contributed by atoms with Crippen molar-refractivity contribution >= 4 is 32.6 Å². The summed E-state index contributed by atoms with van der Waals surface area (Å²) in [5.41, 5.74) is -1.24. The van der Waals surface area contributed by atoms with E-state index in [1.807, 2.05) is 0 Å². The standard InChI is InChI=1S/C7H5F3INO2S/c8-7(9,10)4-2-1-3-5(11)6(4)15(12,13)14/h1-3H,(H2,12,13,14). The number of hydrogen-bond donors (Lipinski definition) is 1. The molecule has 0 saturated heterocycles. The molecule has 3 nitrogen and oxygen atoms in total. The summed E-state index contributed by atoms with van der Waals surface area (Å²) < 4.78 is 59.2. The van der Waals surface area contributed by atoms with E-state index in [9.17, 15) is 21.6 Å². The molecule has 1 aromatic carbocycles. The van der Waals surface area contributed by atoms with Crippen LogP contribution in [0, 0.1) is 3.57 Å². The third-order valence-electron chi connectivity index (χ3n) is 1.56. The summed E-state index contributed by atoms with van der Waals surface area (Å²) in [4.78, 5) is -0.877. The van der Waals surface area contributed by atoms with Gasteiger partial charge in [0.25, 0.3) is 0 Å². The Labute approximate surface area is 97.7 Å². The molecule has 0 aliphatic heterocycles. The van der Waals surface area contributed by atoms with Gasteiger partial charge in [-0.1, -0.05) is 6.07 Å². The average Bonchev–Trinajstić information content (AvgIpc) is 1.99. The summed E-state index contributed by atoms with van der Waals surface area (Å²) in [5, 5.41) is 4.72. The van der Waals surface area contributed by atoms with Gasteiger partial charge in [0.2, 0.25) is 10.0 Å². The van der Waals surface area contributed by atoms with E-state index in [1.165, 1.54) is 28.7 Å². The Kier molecular flexibility index (Phi) is 3.31. The van der Waals surface area contributed by atoms with Crippen LogP contribution in [0.1, 0.15) is 5.56 Å². The molecule has 0 aromatic heterocycles. The lowest BCUT2D eigenvalue weighted by Crippen LogP contribution is -2.20. The van der Waals surface area contributed by atoms with Crippen LogP contribution in [0.4, 0.5) is 13.2 Å². The number of rotatable bonds is 1. The quantitative estimate of drug-likeness (QED) is 0.787. The van der Waals surface area contributed by atoms with E-state index in [2.05, 4.69) is 0 Å². The van der Waals surface area contributed by atoms with Gasteiger partial charge in [-0.15, -0.1) is 0 Å². The predicted octanol–water partition coefficient (Wildman–Crippen LogP) is 1.96. The first-order valence-corrected chi connectivity index (χ1v) is 6.15. The zero-order valence-corrected chi connectivity index (χ0v) is 10.0. The molecule has 8 heteroatoms. The molecule has 0 atom stereocenters. The lowest BCUT2D eigenvalue weighted by Gasteiger charge is -2.12. The lowest BCUT2D eigenvalue weighted by atomic mass is 10.2. The van der Waals surface area contributed by atoms with E-state index in [-0.39, 0.29) is 3.57 Å². The van der Waals surface area contributed by atoms with Crippen molar-refractivity contribution in [2.45, 2.75) is 11.1 Å². The Morgan fingerprint density at radius 3 is 2.13 bits per heavy atom. The molecule has 0 fully saturated rings. The zero-order valence-electron chi connectivity index (χ0n) is 7.05. The summed E-state index contributed by atoms with van der Waals surface area (Å²) in [6, 6.07) is 3.05. The van der Waals surface area contributed by atoms with Gasteiger partial charge >= 0.3 is 6.18 Å². The van der Waals surface area contributed by atoms with Crippen molar-refractivity contribution in [2.75, 3.05) is 0 Å². The summed E-state index contributed by atoms with van der Waals surface area (Å²) in [6.45, 7) is 0. The van der Waals surface area contributed by atoms with Gasteiger partial charge in [0.15, 0.2) is 0 Å². The maximum Gasteiger partial charge on any atom is 0.417 e. The Bertz CT molecular complexity index is 483. The third-order valence-corrected chi connectivity index (χ3v) is 3.83. The summed E-state index contributed by atoms with van der Waals surface area (Å²) in [5.74, 6) is 0.